The molecule has 1 aromatic rings. The van der Waals surface area contributed by atoms with Crippen LogP contribution in [-0.4, -0.2) is 68.0 Å². The highest BCUT2D eigenvalue weighted by atomic mass is 31.2. The van der Waals surface area contributed by atoms with Gasteiger partial charge in [-0.15, -0.1) is 0 Å². The van der Waals surface area contributed by atoms with Gasteiger partial charge in [-0.1, -0.05) is 12.1 Å². The smallest absolute Gasteiger partial charge is 0.450 e. The first kappa shape index (κ1) is 23.7. The van der Waals surface area contributed by atoms with E-state index in [1.165, 1.54) is 29.3 Å². The fourth-order valence-electron chi connectivity index (χ4n) is 3.96. The molecule has 0 spiro atoms. The highest BCUT2D eigenvalue weighted by Crippen LogP contribution is 2.45. The second-order valence-corrected chi connectivity index (χ2v) is 10.3. The molecular weight excluding hydrogens is 445 g/mol. The van der Waals surface area contributed by atoms with Crippen molar-refractivity contribution in [2.24, 2.45) is 5.92 Å². The standard InChI is InChI=1S/C19H24N3O9P/c23-16-8-5-14(18(24)21-17(31-19(25)26)2-1-10-20(16)21)12-32(29,30)11-9-13-3-6-15(7-4-13)22(27)28/h3-4,6-7,14,17H,1-2,5,8-12H2,(H,25,26)(H,29,30)/t14-,17+/m1/s1. The number of hydrogen-bond acceptors (Lipinski definition) is 7. The molecule has 12 nitrogen and oxygen atoms in total. The fourth-order valence-corrected chi connectivity index (χ4v) is 5.78. The second kappa shape index (κ2) is 9.66. The number of ether oxygens (including phenoxy) is 1. The molecule has 0 radical (unpaired) electrons. The van der Waals surface area contributed by atoms with Crippen molar-refractivity contribution in [1.82, 2.24) is 10.0 Å². The predicted octanol–water partition coefficient (Wildman–Crippen LogP) is 2.20. The molecule has 0 aliphatic carbocycles. The normalized spacial score (nSPS) is 23.2. The van der Waals surface area contributed by atoms with Crippen molar-refractivity contribution >= 4 is 31.0 Å². The van der Waals surface area contributed by atoms with E-state index in [1.807, 2.05) is 0 Å². The number of fused-ring (bicyclic) bond motifs is 1. The molecule has 2 aliphatic heterocycles. The van der Waals surface area contributed by atoms with Crippen molar-refractivity contribution in [3.63, 3.8) is 0 Å². The number of nitro groups is 1. The van der Waals surface area contributed by atoms with Crippen molar-refractivity contribution in [3.8, 4) is 0 Å². The lowest BCUT2D eigenvalue weighted by atomic mass is 10.0. The molecule has 2 heterocycles. The summed E-state index contributed by atoms with van der Waals surface area (Å²) in [7, 11) is -3.80. The second-order valence-electron chi connectivity index (χ2n) is 7.84. The van der Waals surface area contributed by atoms with Crippen LogP contribution in [0.4, 0.5) is 10.5 Å². The first-order valence-corrected chi connectivity index (χ1v) is 12.2. The summed E-state index contributed by atoms with van der Waals surface area (Å²) in [5.41, 5.74) is 0.559. The van der Waals surface area contributed by atoms with Gasteiger partial charge >= 0.3 is 6.16 Å². The van der Waals surface area contributed by atoms with E-state index in [4.69, 9.17) is 9.84 Å². The molecule has 13 heteroatoms. The zero-order valence-corrected chi connectivity index (χ0v) is 18.1. The number of nitrogens with zero attached hydrogens (tertiary/aromatic N) is 3. The number of carboxylic acid groups (broad SMARTS) is 1. The molecule has 0 aromatic heterocycles. The van der Waals surface area contributed by atoms with Gasteiger partial charge in [0.1, 0.15) is 0 Å². The SMILES string of the molecule is O=C(O)O[C@H]1CCCN2C(=O)CC[C@H](CP(=O)(O)CCc3ccc([N+](=O)[O-])cc3)C(=O)N12. The summed E-state index contributed by atoms with van der Waals surface area (Å²) in [6, 6.07) is 5.64. The minimum absolute atomic E-state index is 0.00491. The quantitative estimate of drug-likeness (QED) is 0.263. The Kier molecular flexibility index (Phi) is 7.15. The summed E-state index contributed by atoms with van der Waals surface area (Å²) >= 11 is 0. The zero-order chi connectivity index (χ0) is 23.5. The number of non-ortho nitro benzene ring substituents is 1. The van der Waals surface area contributed by atoms with Crippen molar-refractivity contribution in [3.05, 3.63) is 39.9 Å². The topological polar surface area (TPSA) is 168 Å². The van der Waals surface area contributed by atoms with Crippen molar-refractivity contribution in [2.75, 3.05) is 18.9 Å². The first-order valence-electron chi connectivity index (χ1n) is 10.1. The van der Waals surface area contributed by atoms with Gasteiger partial charge in [-0.2, -0.15) is 0 Å². The van der Waals surface area contributed by atoms with Crippen LogP contribution in [0.2, 0.25) is 0 Å². The average Bonchev–Trinajstić information content (AvgIpc) is 2.85. The molecule has 1 aromatic carbocycles. The fraction of sp³-hybridized carbons (Fsp3) is 0.526. The Hall–Kier alpha value is -2.98. The molecule has 2 aliphatic rings. The van der Waals surface area contributed by atoms with E-state index in [9.17, 15) is 34.0 Å². The summed E-state index contributed by atoms with van der Waals surface area (Å²) in [4.78, 5) is 57.3. The summed E-state index contributed by atoms with van der Waals surface area (Å²) in [6.07, 6.45) is -2.27. The molecule has 2 fully saturated rings. The van der Waals surface area contributed by atoms with Crippen LogP contribution in [0.15, 0.2) is 24.3 Å². The largest absolute Gasteiger partial charge is 0.507 e. The van der Waals surface area contributed by atoms with E-state index in [-0.39, 0.29) is 56.1 Å². The third-order valence-corrected chi connectivity index (χ3v) is 7.50. The third kappa shape index (κ3) is 5.63. The summed E-state index contributed by atoms with van der Waals surface area (Å²) in [5.74, 6) is -1.90. The number of carbonyl (C=O) groups is 3. The molecule has 2 amide bonds. The van der Waals surface area contributed by atoms with Gasteiger partial charge in [0.2, 0.25) is 19.2 Å². The number of carbonyl (C=O) groups excluding carboxylic acids is 2. The van der Waals surface area contributed by atoms with Gasteiger partial charge in [0, 0.05) is 49.8 Å². The van der Waals surface area contributed by atoms with Crippen molar-refractivity contribution < 1.29 is 38.6 Å². The molecule has 2 N–H and O–H groups in total. The monoisotopic (exact) mass is 469 g/mol. The predicted molar refractivity (Wildman–Crippen MR) is 110 cm³/mol. The lowest BCUT2D eigenvalue weighted by molar-refractivity contribution is -0.384. The molecule has 0 bridgehead atoms. The van der Waals surface area contributed by atoms with Crippen LogP contribution in [-0.2, 0) is 25.3 Å². The Bertz CT molecular complexity index is 952. The maximum absolute atomic E-state index is 13.1. The summed E-state index contributed by atoms with van der Waals surface area (Å²) in [6.45, 7) is 0.244. The lowest BCUT2D eigenvalue weighted by Crippen LogP contribution is -2.59. The van der Waals surface area contributed by atoms with Gasteiger partial charge in [0.15, 0.2) is 6.23 Å². The number of hydrazine groups is 1. The van der Waals surface area contributed by atoms with E-state index >= 15 is 0 Å². The van der Waals surface area contributed by atoms with Crippen LogP contribution in [0, 0.1) is 16.0 Å². The van der Waals surface area contributed by atoms with Gasteiger partial charge in [-0.3, -0.25) is 24.3 Å². The van der Waals surface area contributed by atoms with Gasteiger partial charge in [0.05, 0.1) is 4.92 Å². The molecule has 3 rings (SSSR count). The van der Waals surface area contributed by atoms with Crippen LogP contribution in [0.1, 0.15) is 31.2 Å². The van der Waals surface area contributed by atoms with Crippen LogP contribution in [0.3, 0.4) is 0 Å². The Morgan fingerprint density at radius 1 is 1.25 bits per heavy atom. The van der Waals surface area contributed by atoms with Crippen LogP contribution in [0.25, 0.3) is 0 Å². The van der Waals surface area contributed by atoms with Gasteiger partial charge in [-0.25, -0.2) is 14.8 Å². The minimum Gasteiger partial charge on any atom is -0.450 e. The maximum atomic E-state index is 13.1. The first-order chi connectivity index (χ1) is 15.1. The molecule has 32 heavy (non-hydrogen) atoms. The number of amides is 2. The molecule has 2 saturated heterocycles. The van der Waals surface area contributed by atoms with Gasteiger partial charge in [-0.05, 0) is 24.8 Å². The lowest BCUT2D eigenvalue weighted by Gasteiger charge is -2.42. The van der Waals surface area contributed by atoms with Gasteiger partial charge in [0.25, 0.3) is 5.69 Å². The van der Waals surface area contributed by atoms with Crippen LogP contribution >= 0.6 is 7.37 Å². The molecule has 174 valence electrons. The van der Waals surface area contributed by atoms with Crippen molar-refractivity contribution in [2.45, 2.75) is 38.3 Å². The van der Waals surface area contributed by atoms with E-state index in [2.05, 4.69) is 0 Å². The van der Waals surface area contributed by atoms with Crippen LogP contribution < -0.4 is 0 Å². The Balaban J connectivity index is 1.69. The Morgan fingerprint density at radius 2 is 1.94 bits per heavy atom. The number of benzene rings is 1. The van der Waals surface area contributed by atoms with Gasteiger partial charge < -0.3 is 14.7 Å². The van der Waals surface area contributed by atoms with Crippen LogP contribution in [0.5, 0.6) is 0 Å². The third-order valence-electron chi connectivity index (χ3n) is 5.56. The zero-order valence-electron chi connectivity index (χ0n) is 17.2. The summed E-state index contributed by atoms with van der Waals surface area (Å²) in [5, 5.41) is 21.9. The minimum atomic E-state index is -3.80. The van der Waals surface area contributed by atoms with E-state index in [0.717, 1.165) is 5.01 Å². The number of rotatable bonds is 7. The number of nitro benzene ring substituents is 1. The Morgan fingerprint density at radius 3 is 2.56 bits per heavy atom. The van der Waals surface area contributed by atoms with Crippen molar-refractivity contribution in [1.29, 1.82) is 0 Å². The number of aryl methyl sites for hydroxylation is 1. The van der Waals surface area contributed by atoms with E-state index < -0.39 is 36.5 Å². The van der Waals surface area contributed by atoms with E-state index in [0.29, 0.717) is 12.0 Å². The Labute approximate surface area is 183 Å². The molecule has 1 unspecified atom stereocenters. The van der Waals surface area contributed by atoms with E-state index in [1.54, 1.807) is 0 Å². The maximum Gasteiger partial charge on any atom is 0.507 e. The average molecular weight is 469 g/mol. The number of hydrogen-bond donors (Lipinski definition) is 2. The highest BCUT2D eigenvalue weighted by Gasteiger charge is 2.44. The summed E-state index contributed by atoms with van der Waals surface area (Å²) < 4.78 is 17.6. The highest BCUT2D eigenvalue weighted by molar-refractivity contribution is 7.58. The molecule has 0 saturated carbocycles. The molecular formula is C19H24N3O9P. The molecule has 3 atom stereocenters.